The van der Waals surface area contributed by atoms with Gasteiger partial charge in [-0.3, -0.25) is 9.20 Å². The van der Waals surface area contributed by atoms with E-state index >= 15 is 0 Å². The number of ether oxygens (including phenoxy) is 1. The number of esters is 1. The highest BCUT2D eigenvalue weighted by atomic mass is 79.9. The van der Waals surface area contributed by atoms with Gasteiger partial charge < -0.3 is 4.74 Å². The molecule has 25 heavy (non-hydrogen) atoms. The number of rotatable bonds is 3. The quantitative estimate of drug-likeness (QED) is 0.474. The fraction of sp³-hybridized carbons (Fsp3) is 0.0556. The molecule has 0 aliphatic heterocycles. The predicted molar refractivity (Wildman–Crippen MR) is 100 cm³/mol. The lowest BCUT2D eigenvalue weighted by Crippen LogP contribution is -2.16. The lowest BCUT2D eigenvalue weighted by molar-refractivity contribution is 0.0473. The lowest BCUT2D eigenvalue weighted by atomic mass is 10.2. The fourth-order valence-corrected chi connectivity index (χ4v) is 3.79. The second-order valence-electron chi connectivity index (χ2n) is 5.39. The Kier molecular flexibility index (Phi) is 4.10. The zero-order valence-electron chi connectivity index (χ0n) is 12.8. The van der Waals surface area contributed by atoms with Crippen molar-refractivity contribution in [2.24, 2.45) is 0 Å². The normalized spacial score (nSPS) is 11.1. The highest BCUT2D eigenvalue weighted by Gasteiger charge is 2.12. The van der Waals surface area contributed by atoms with Crippen LogP contribution in [0.15, 0.2) is 64.0 Å². The minimum Gasteiger partial charge on any atom is -0.455 e. The van der Waals surface area contributed by atoms with Gasteiger partial charge in [0.05, 0.1) is 5.69 Å². The van der Waals surface area contributed by atoms with Gasteiger partial charge in [-0.05, 0) is 45.6 Å². The molecule has 5 nitrogen and oxygen atoms in total. The van der Waals surface area contributed by atoms with E-state index in [0.717, 1.165) is 14.6 Å². The first-order valence-electron chi connectivity index (χ1n) is 7.44. The second kappa shape index (κ2) is 6.42. The van der Waals surface area contributed by atoms with Crippen molar-refractivity contribution >= 4 is 49.0 Å². The molecular weight excluding hydrogens is 404 g/mol. The molecular formula is C18H11BrN2O3S. The van der Waals surface area contributed by atoms with Crippen LogP contribution >= 0.6 is 27.3 Å². The summed E-state index contributed by atoms with van der Waals surface area (Å²) in [7, 11) is 0. The smallest absolute Gasteiger partial charge is 0.348 e. The summed E-state index contributed by atoms with van der Waals surface area (Å²) < 4.78 is 8.57. The molecule has 0 aliphatic rings. The summed E-state index contributed by atoms with van der Waals surface area (Å²) >= 11 is 4.70. The number of carbonyl (C=O) groups is 1. The van der Waals surface area contributed by atoms with Gasteiger partial charge in [0.2, 0.25) is 0 Å². The van der Waals surface area contributed by atoms with E-state index in [1.54, 1.807) is 18.3 Å². The van der Waals surface area contributed by atoms with Gasteiger partial charge >= 0.3 is 5.97 Å². The minimum absolute atomic E-state index is 0.0467. The highest BCUT2D eigenvalue weighted by Crippen LogP contribution is 2.25. The van der Waals surface area contributed by atoms with Crippen molar-refractivity contribution < 1.29 is 9.53 Å². The number of aromatic nitrogens is 2. The fourth-order valence-electron chi connectivity index (χ4n) is 2.49. The molecule has 1 aromatic carbocycles. The topological polar surface area (TPSA) is 60.7 Å². The van der Waals surface area contributed by atoms with Gasteiger partial charge in [-0.25, -0.2) is 9.78 Å². The molecule has 0 atom stereocenters. The number of hydrogen-bond donors (Lipinski definition) is 0. The summed E-state index contributed by atoms with van der Waals surface area (Å²) in [4.78, 5) is 29.3. The van der Waals surface area contributed by atoms with E-state index in [9.17, 15) is 9.59 Å². The lowest BCUT2D eigenvalue weighted by Gasteiger charge is -2.05. The summed E-state index contributed by atoms with van der Waals surface area (Å²) in [6, 6.07) is 14.5. The Morgan fingerprint density at radius 3 is 2.88 bits per heavy atom. The van der Waals surface area contributed by atoms with Crippen LogP contribution in [0.1, 0.15) is 15.4 Å². The van der Waals surface area contributed by atoms with Crippen molar-refractivity contribution in [2.75, 3.05) is 0 Å². The van der Waals surface area contributed by atoms with Crippen molar-refractivity contribution in [3.63, 3.8) is 0 Å². The molecule has 4 aromatic rings. The van der Waals surface area contributed by atoms with Crippen LogP contribution in [0.3, 0.4) is 0 Å². The van der Waals surface area contributed by atoms with Crippen LogP contribution in [0.25, 0.3) is 15.7 Å². The van der Waals surface area contributed by atoms with Crippen LogP contribution in [0.5, 0.6) is 0 Å². The molecule has 7 heteroatoms. The largest absolute Gasteiger partial charge is 0.455 e. The average molecular weight is 415 g/mol. The molecule has 0 radical (unpaired) electrons. The molecule has 3 aromatic heterocycles. The summed E-state index contributed by atoms with van der Waals surface area (Å²) in [5, 5.41) is 1.01. The SMILES string of the molecule is O=C(OCc1cc(=O)n2cc(Br)ccc2n1)c1cc2ccccc2s1. The molecule has 0 spiro atoms. The first-order valence-corrected chi connectivity index (χ1v) is 9.05. The molecule has 0 saturated carbocycles. The van der Waals surface area contributed by atoms with E-state index in [1.165, 1.54) is 21.8 Å². The summed E-state index contributed by atoms with van der Waals surface area (Å²) in [5.74, 6) is -0.418. The van der Waals surface area contributed by atoms with Crippen molar-refractivity contribution in [2.45, 2.75) is 6.61 Å². The van der Waals surface area contributed by atoms with Crippen molar-refractivity contribution in [3.05, 3.63) is 80.1 Å². The first kappa shape index (κ1) is 16.0. The van der Waals surface area contributed by atoms with Crippen molar-refractivity contribution in [3.8, 4) is 0 Å². The van der Waals surface area contributed by atoms with E-state index in [0.29, 0.717) is 16.2 Å². The molecule has 0 amide bonds. The highest BCUT2D eigenvalue weighted by molar-refractivity contribution is 9.10. The zero-order chi connectivity index (χ0) is 17.4. The molecule has 0 aliphatic carbocycles. The average Bonchev–Trinajstić information content (AvgIpc) is 3.04. The maximum Gasteiger partial charge on any atom is 0.348 e. The van der Waals surface area contributed by atoms with E-state index in [-0.39, 0.29) is 12.2 Å². The first-order chi connectivity index (χ1) is 12.1. The van der Waals surface area contributed by atoms with Crippen LogP contribution in [-0.4, -0.2) is 15.4 Å². The van der Waals surface area contributed by atoms with Crippen LogP contribution < -0.4 is 5.56 Å². The van der Waals surface area contributed by atoms with Gasteiger partial charge in [0.1, 0.15) is 17.1 Å². The Morgan fingerprint density at radius 2 is 2.04 bits per heavy atom. The monoisotopic (exact) mass is 414 g/mol. The maximum atomic E-state index is 12.3. The number of carbonyl (C=O) groups excluding carboxylic acids is 1. The number of fused-ring (bicyclic) bond motifs is 2. The van der Waals surface area contributed by atoms with Crippen LogP contribution in [0.2, 0.25) is 0 Å². The predicted octanol–water partition coefficient (Wildman–Crippen LogP) is 4.03. The molecule has 0 unspecified atom stereocenters. The van der Waals surface area contributed by atoms with Gasteiger partial charge in [0.25, 0.3) is 5.56 Å². The van der Waals surface area contributed by atoms with Gasteiger partial charge in [-0.2, -0.15) is 0 Å². The van der Waals surface area contributed by atoms with Crippen molar-refractivity contribution in [1.29, 1.82) is 0 Å². The minimum atomic E-state index is -0.418. The van der Waals surface area contributed by atoms with Crippen LogP contribution in [-0.2, 0) is 11.3 Å². The van der Waals surface area contributed by atoms with E-state index in [2.05, 4.69) is 20.9 Å². The van der Waals surface area contributed by atoms with E-state index in [4.69, 9.17) is 4.74 Å². The van der Waals surface area contributed by atoms with E-state index in [1.807, 2.05) is 30.3 Å². The summed E-state index contributed by atoms with van der Waals surface area (Å²) in [5.41, 5.74) is 0.699. The summed E-state index contributed by atoms with van der Waals surface area (Å²) in [6.07, 6.45) is 1.65. The number of halogens is 1. The van der Waals surface area contributed by atoms with Gasteiger partial charge in [-0.1, -0.05) is 18.2 Å². The Balaban J connectivity index is 1.56. The standard InChI is InChI=1S/C18H11BrN2O3S/c19-12-5-6-16-20-13(8-17(22)21(16)9-12)10-24-18(23)15-7-11-3-1-2-4-14(11)25-15/h1-9H,10H2. The summed E-state index contributed by atoms with van der Waals surface area (Å²) in [6.45, 7) is -0.0467. The zero-order valence-corrected chi connectivity index (χ0v) is 15.2. The number of benzene rings is 1. The van der Waals surface area contributed by atoms with Gasteiger partial charge in [-0.15, -0.1) is 11.3 Å². The third kappa shape index (κ3) is 3.20. The number of pyridine rings is 1. The molecule has 0 bridgehead atoms. The molecule has 0 fully saturated rings. The Bertz CT molecular complexity index is 1130. The maximum absolute atomic E-state index is 12.3. The van der Waals surface area contributed by atoms with Gasteiger partial charge in [0, 0.05) is 21.4 Å². The third-order valence-electron chi connectivity index (χ3n) is 3.65. The van der Waals surface area contributed by atoms with E-state index < -0.39 is 5.97 Å². The number of nitrogens with zero attached hydrogens (tertiary/aromatic N) is 2. The van der Waals surface area contributed by atoms with Crippen LogP contribution in [0, 0.1) is 0 Å². The van der Waals surface area contributed by atoms with Gasteiger partial charge in [0.15, 0.2) is 0 Å². The third-order valence-corrected chi connectivity index (χ3v) is 5.22. The Hall–Kier alpha value is -2.51. The second-order valence-corrected chi connectivity index (χ2v) is 7.39. The molecule has 4 rings (SSSR count). The number of hydrogen-bond acceptors (Lipinski definition) is 5. The number of thiophene rings is 1. The molecule has 124 valence electrons. The Morgan fingerprint density at radius 1 is 1.20 bits per heavy atom. The van der Waals surface area contributed by atoms with Crippen LogP contribution in [0.4, 0.5) is 0 Å². The Labute approximate surface area is 154 Å². The molecule has 0 N–H and O–H groups in total. The molecule has 3 heterocycles. The van der Waals surface area contributed by atoms with Crippen molar-refractivity contribution in [1.82, 2.24) is 9.38 Å². The molecule has 0 saturated heterocycles.